The number of likely N-dealkylation sites (tertiary alicyclic amines) is 1. The lowest BCUT2D eigenvalue weighted by Crippen LogP contribution is -2.49. The molecule has 0 saturated carbocycles. The standard InChI is InChI=1S/C21H24N2O2S2/c1-26-13-20(25)22-10-14-9-16(12-22)21-18(7-8-19(24)23(21)11-14)15-3-5-17(27-2)6-4-15/h3-8,14,16H,9-13H2,1-2H3. The zero-order valence-corrected chi connectivity index (χ0v) is 17.3. The van der Waals surface area contributed by atoms with Crippen LogP contribution in [0.3, 0.4) is 0 Å². The first-order valence-corrected chi connectivity index (χ1v) is 11.9. The van der Waals surface area contributed by atoms with Gasteiger partial charge in [-0.25, -0.2) is 0 Å². The van der Waals surface area contributed by atoms with Gasteiger partial charge in [0.1, 0.15) is 0 Å². The normalized spacial score (nSPS) is 21.0. The summed E-state index contributed by atoms with van der Waals surface area (Å²) in [6, 6.07) is 12.2. The molecule has 2 aromatic rings. The summed E-state index contributed by atoms with van der Waals surface area (Å²) in [5.41, 5.74) is 3.46. The lowest BCUT2D eigenvalue weighted by atomic mass is 9.80. The Kier molecular flexibility index (Phi) is 5.37. The average molecular weight is 401 g/mol. The van der Waals surface area contributed by atoms with Gasteiger partial charge in [0, 0.05) is 47.8 Å². The number of nitrogens with zero attached hydrogens (tertiary/aromatic N) is 2. The number of carbonyl (C=O) groups excluding carboxylic acids is 1. The molecule has 0 radical (unpaired) electrons. The lowest BCUT2D eigenvalue weighted by Gasteiger charge is -2.43. The predicted molar refractivity (Wildman–Crippen MR) is 114 cm³/mol. The van der Waals surface area contributed by atoms with Gasteiger partial charge < -0.3 is 9.47 Å². The third-order valence-electron chi connectivity index (χ3n) is 5.61. The van der Waals surface area contributed by atoms with Crippen LogP contribution in [-0.4, -0.2) is 46.7 Å². The molecule has 1 aromatic carbocycles. The number of rotatable bonds is 4. The minimum Gasteiger partial charge on any atom is -0.341 e. The van der Waals surface area contributed by atoms with E-state index in [0.717, 1.165) is 36.3 Å². The van der Waals surface area contributed by atoms with E-state index >= 15 is 0 Å². The summed E-state index contributed by atoms with van der Waals surface area (Å²) in [5, 5.41) is 0. The second-order valence-corrected chi connectivity index (χ2v) is 9.09. The fourth-order valence-electron chi connectivity index (χ4n) is 4.45. The van der Waals surface area contributed by atoms with Crippen molar-refractivity contribution in [1.82, 2.24) is 9.47 Å². The Morgan fingerprint density at radius 1 is 1.07 bits per heavy atom. The van der Waals surface area contributed by atoms with E-state index in [2.05, 4.69) is 30.5 Å². The molecule has 1 saturated heterocycles. The molecule has 142 valence electrons. The Morgan fingerprint density at radius 2 is 1.85 bits per heavy atom. The monoisotopic (exact) mass is 400 g/mol. The molecule has 6 heteroatoms. The number of amides is 1. The number of carbonyl (C=O) groups is 1. The van der Waals surface area contributed by atoms with Crippen LogP contribution in [0.15, 0.2) is 46.1 Å². The zero-order valence-electron chi connectivity index (χ0n) is 15.7. The highest BCUT2D eigenvalue weighted by Crippen LogP contribution is 2.40. The molecule has 3 heterocycles. The molecule has 1 aromatic heterocycles. The molecule has 1 amide bonds. The molecule has 0 spiro atoms. The van der Waals surface area contributed by atoms with Crippen LogP contribution in [0.5, 0.6) is 0 Å². The van der Waals surface area contributed by atoms with E-state index in [1.165, 1.54) is 4.90 Å². The molecule has 0 aliphatic carbocycles. The summed E-state index contributed by atoms with van der Waals surface area (Å²) >= 11 is 3.30. The van der Waals surface area contributed by atoms with Crippen LogP contribution in [0.1, 0.15) is 18.0 Å². The number of piperidine rings is 1. The van der Waals surface area contributed by atoms with Crippen LogP contribution in [0.4, 0.5) is 0 Å². The molecular formula is C21H24N2O2S2. The molecule has 4 rings (SSSR count). The first kappa shape index (κ1) is 18.7. The van der Waals surface area contributed by atoms with E-state index in [1.807, 2.05) is 21.8 Å². The molecule has 2 atom stereocenters. The number of hydrogen-bond acceptors (Lipinski definition) is 4. The summed E-state index contributed by atoms with van der Waals surface area (Å²) in [4.78, 5) is 28.3. The second-order valence-electron chi connectivity index (χ2n) is 7.34. The fourth-order valence-corrected chi connectivity index (χ4v) is 5.29. The van der Waals surface area contributed by atoms with Gasteiger partial charge in [0.25, 0.3) is 5.56 Å². The first-order valence-electron chi connectivity index (χ1n) is 9.25. The van der Waals surface area contributed by atoms with Crippen LogP contribution in [0, 0.1) is 5.92 Å². The van der Waals surface area contributed by atoms with E-state index in [1.54, 1.807) is 29.6 Å². The van der Waals surface area contributed by atoms with Gasteiger partial charge in [-0.15, -0.1) is 11.8 Å². The maximum atomic E-state index is 12.6. The Labute approximate surface area is 168 Å². The number of hydrogen-bond donors (Lipinski definition) is 0. The van der Waals surface area contributed by atoms with Gasteiger partial charge in [-0.2, -0.15) is 11.8 Å². The number of pyridine rings is 1. The van der Waals surface area contributed by atoms with E-state index in [-0.39, 0.29) is 17.4 Å². The summed E-state index contributed by atoms with van der Waals surface area (Å²) in [5.74, 6) is 1.35. The van der Waals surface area contributed by atoms with Crippen molar-refractivity contribution in [3.05, 3.63) is 52.4 Å². The van der Waals surface area contributed by atoms with Gasteiger partial charge in [0.05, 0.1) is 5.75 Å². The van der Waals surface area contributed by atoms with E-state index in [9.17, 15) is 9.59 Å². The van der Waals surface area contributed by atoms with Crippen LogP contribution >= 0.6 is 23.5 Å². The predicted octanol–water partition coefficient (Wildman–Crippen LogP) is 3.55. The van der Waals surface area contributed by atoms with Crippen LogP contribution in [-0.2, 0) is 11.3 Å². The fraction of sp³-hybridized carbons (Fsp3) is 0.429. The molecule has 4 nitrogen and oxygen atoms in total. The van der Waals surface area contributed by atoms with Crippen molar-refractivity contribution in [2.75, 3.05) is 31.4 Å². The van der Waals surface area contributed by atoms with E-state index < -0.39 is 0 Å². The maximum Gasteiger partial charge on any atom is 0.250 e. The van der Waals surface area contributed by atoms with E-state index in [0.29, 0.717) is 18.2 Å². The SMILES string of the molecule is CSCC(=O)N1CC2CC(C1)c1c(-c3ccc(SC)cc3)ccc(=O)n1C2. The van der Waals surface area contributed by atoms with Gasteiger partial charge >= 0.3 is 0 Å². The molecule has 2 bridgehead atoms. The van der Waals surface area contributed by atoms with Gasteiger partial charge in [-0.3, -0.25) is 9.59 Å². The Bertz CT molecular complexity index is 907. The van der Waals surface area contributed by atoms with Crippen molar-refractivity contribution in [2.45, 2.75) is 23.8 Å². The zero-order chi connectivity index (χ0) is 19.0. The summed E-state index contributed by atoms with van der Waals surface area (Å²) in [7, 11) is 0. The summed E-state index contributed by atoms with van der Waals surface area (Å²) < 4.78 is 1.97. The molecule has 2 aliphatic heterocycles. The van der Waals surface area contributed by atoms with Crippen molar-refractivity contribution in [3.63, 3.8) is 0 Å². The summed E-state index contributed by atoms with van der Waals surface area (Å²) in [6.07, 6.45) is 5.09. The van der Waals surface area contributed by atoms with E-state index in [4.69, 9.17) is 0 Å². The Balaban J connectivity index is 1.75. The van der Waals surface area contributed by atoms with Gasteiger partial charge in [-0.05, 0) is 48.6 Å². The average Bonchev–Trinajstić information content (AvgIpc) is 2.69. The number of thioether (sulfide) groups is 2. The Morgan fingerprint density at radius 3 is 2.56 bits per heavy atom. The molecular weight excluding hydrogens is 376 g/mol. The van der Waals surface area contributed by atoms with Crippen molar-refractivity contribution in [2.24, 2.45) is 5.92 Å². The van der Waals surface area contributed by atoms with Crippen LogP contribution < -0.4 is 5.56 Å². The van der Waals surface area contributed by atoms with Crippen molar-refractivity contribution in [1.29, 1.82) is 0 Å². The third-order valence-corrected chi connectivity index (χ3v) is 6.89. The van der Waals surface area contributed by atoms with Crippen molar-refractivity contribution in [3.8, 4) is 11.1 Å². The first-order chi connectivity index (χ1) is 13.1. The highest BCUT2D eigenvalue weighted by Gasteiger charge is 2.37. The van der Waals surface area contributed by atoms with Gasteiger partial charge in [0.15, 0.2) is 0 Å². The second kappa shape index (κ2) is 7.76. The maximum absolute atomic E-state index is 12.6. The minimum absolute atomic E-state index is 0.0769. The van der Waals surface area contributed by atoms with Crippen molar-refractivity contribution >= 4 is 29.4 Å². The number of benzene rings is 1. The topological polar surface area (TPSA) is 42.3 Å². The van der Waals surface area contributed by atoms with Gasteiger partial charge in [-0.1, -0.05) is 12.1 Å². The van der Waals surface area contributed by atoms with Crippen LogP contribution in [0.25, 0.3) is 11.1 Å². The molecule has 27 heavy (non-hydrogen) atoms. The lowest BCUT2D eigenvalue weighted by molar-refractivity contribution is -0.131. The minimum atomic E-state index is 0.0769. The van der Waals surface area contributed by atoms with Crippen LogP contribution in [0.2, 0.25) is 0 Å². The molecule has 0 N–H and O–H groups in total. The Hall–Kier alpha value is -1.66. The largest absolute Gasteiger partial charge is 0.341 e. The van der Waals surface area contributed by atoms with Gasteiger partial charge in [0.2, 0.25) is 5.91 Å². The smallest absolute Gasteiger partial charge is 0.250 e. The summed E-state index contributed by atoms with van der Waals surface area (Å²) in [6.45, 7) is 2.20. The quantitative estimate of drug-likeness (QED) is 0.736. The molecule has 2 unspecified atom stereocenters. The number of aromatic nitrogens is 1. The molecule has 2 aliphatic rings. The highest BCUT2D eigenvalue weighted by atomic mass is 32.2. The third kappa shape index (κ3) is 3.57. The van der Waals surface area contributed by atoms with Crippen molar-refractivity contribution < 1.29 is 4.79 Å². The highest BCUT2D eigenvalue weighted by molar-refractivity contribution is 7.99. The number of fused-ring (bicyclic) bond motifs is 4. The molecule has 1 fully saturated rings.